The molecule has 0 spiro atoms. The SMILES string of the molecule is O=c1[nH]c(=O)c2cc(S(=O)(=O)NC3CCCCCCCCC3)ccc2[nH]1. The van der Waals surface area contributed by atoms with Crippen LogP contribution in [0.15, 0.2) is 32.7 Å². The predicted octanol–water partition coefficient (Wildman–Crippen LogP) is 2.39. The molecule has 3 rings (SSSR count). The van der Waals surface area contributed by atoms with Crippen molar-refractivity contribution < 1.29 is 8.42 Å². The van der Waals surface area contributed by atoms with Gasteiger partial charge in [-0.1, -0.05) is 44.9 Å². The average molecular weight is 379 g/mol. The molecule has 0 atom stereocenters. The fourth-order valence-electron chi connectivity index (χ4n) is 3.53. The number of nitrogens with one attached hydrogen (secondary N) is 3. The summed E-state index contributed by atoms with van der Waals surface area (Å²) in [4.78, 5) is 27.9. The van der Waals surface area contributed by atoms with Crippen LogP contribution in [0.25, 0.3) is 10.9 Å². The Bertz CT molecular complexity index is 968. The maximum absolute atomic E-state index is 12.8. The second-order valence-electron chi connectivity index (χ2n) is 6.99. The van der Waals surface area contributed by atoms with Gasteiger partial charge in [-0.05, 0) is 31.0 Å². The highest BCUT2D eigenvalue weighted by atomic mass is 32.2. The van der Waals surface area contributed by atoms with Gasteiger partial charge in [0.2, 0.25) is 10.0 Å². The Morgan fingerprint density at radius 3 is 2.15 bits per heavy atom. The highest BCUT2D eigenvalue weighted by Crippen LogP contribution is 2.20. The van der Waals surface area contributed by atoms with E-state index in [9.17, 15) is 18.0 Å². The quantitative estimate of drug-likeness (QED) is 0.760. The van der Waals surface area contributed by atoms with Gasteiger partial charge in [-0.2, -0.15) is 0 Å². The Morgan fingerprint density at radius 1 is 0.885 bits per heavy atom. The molecule has 1 aromatic heterocycles. The van der Waals surface area contributed by atoms with Gasteiger partial charge in [-0.15, -0.1) is 0 Å². The van der Waals surface area contributed by atoms with Crippen molar-refractivity contribution in [1.29, 1.82) is 0 Å². The fourth-order valence-corrected chi connectivity index (χ4v) is 4.86. The largest absolute Gasteiger partial charge is 0.326 e. The number of rotatable bonds is 3. The van der Waals surface area contributed by atoms with Crippen LogP contribution >= 0.6 is 0 Å². The van der Waals surface area contributed by atoms with E-state index in [1.54, 1.807) is 0 Å². The molecule has 0 amide bonds. The lowest BCUT2D eigenvalue weighted by molar-refractivity contribution is 0.435. The minimum absolute atomic E-state index is 0.0413. The number of fused-ring (bicyclic) bond motifs is 1. The first kappa shape index (κ1) is 18.8. The normalized spacial score (nSPS) is 18.0. The molecule has 2 aromatic rings. The Balaban J connectivity index is 1.83. The van der Waals surface area contributed by atoms with Gasteiger partial charge in [0, 0.05) is 6.04 Å². The Labute approximate surface area is 152 Å². The van der Waals surface area contributed by atoms with Crippen LogP contribution in [0, 0.1) is 0 Å². The summed E-state index contributed by atoms with van der Waals surface area (Å²) in [6, 6.07) is 4.10. The molecule has 26 heavy (non-hydrogen) atoms. The number of hydrogen-bond acceptors (Lipinski definition) is 4. The van der Waals surface area contributed by atoms with Gasteiger partial charge in [0.1, 0.15) is 0 Å². The van der Waals surface area contributed by atoms with Crippen LogP contribution in [-0.4, -0.2) is 24.4 Å². The summed E-state index contributed by atoms with van der Waals surface area (Å²) in [6.45, 7) is 0. The third-order valence-electron chi connectivity index (χ3n) is 4.95. The molecule has 1 fully saturated rings. The highest BCUT2D eigenvalue weighted by Gasteiger charge is 2.21. The van der Waals surface area contributed by atoms with Gasteiger partial charge in [-0.25, -0.2) is 17.9 Å². The molecule has 0 radical (unpaired) electrons. The van der Waals surface area contributed by atoms with Crippen molar-refractivity contribution in [2.24, 2.45) is 0 Å². The summed E-state index contributed by atoms with van der Waals surface area (Å²) in [6.07, 6.45) is 9.67. The summed E-state index contributed by atoms with van der Waals surface area (Å²) in [7, 11) is -3.72. The molecule has 0 bridgehead atoms. The number of benzene rings is 1. The molecule has 1 aromatic carbocycles. The molecular formula is C18H25N3O4S. The molecule has 0 unspecified atom stereocenters. The summed E-state index contributed by atoms with van der Waals surface area (Å²) in [5, 5.41) is 0.151. The van der Waals surface area contributed by atoms with Crippen LogP contribution < -0.4 is 16.0 Å². The maximum Gasteiger partial charge on any atom is 0.326 e. The zero-order valence-electron chi connectivity index (χ0n) is 14.7. The minimum atomic E-state index is -3.72. The minimum Gasteiger partial charge on any atom is -0.307 e. The zero-order valence-corrected chi connectivity index (χ0v) is 15.5. The smallest absolute Gasteiger partial charge is 0.307 e. The first-order valence-corrected chi connectivity index (χ1v) is 10.7. The van der Waals surface area contributed by atoms with E-state index in [2.05, 4.69) is 14.7 Å². The first-order chi connectivity index (χ1) is 12.5. The number of H-pyrrole nitrogens is 2. The lowest BCUT2D eigenvalue weighted by Gasteiger charge is -2.20. The van der Waals surface area contributed by atoms with E-state index in [1.165, 1.54) is 37.5 Å². The number of hydrogen-bond donors (Lipinski definition) is 3. The van der Waals surface area contributed by atoms with E-state index in [4.69, 9.17) is 0 Å². The molecule has 1 aliphatic carbocycles. The summed E-state index contributed by atoms with van der Waals surface area (Å²) >= 11 is 0. The summed E-state index contributed by atoms with van der Waals surface area (Å²) < 4.78 is 28.4. The number of aromatic nitrogens is 2. The van der Waals surface area contributed by atoms with Crippen LogP contribution in [0.5, 0.6) is 0 Å². The molecule has 0 aliphatic heterocycles. The Kier molecular flexibility index (Phi) is 5.93. The van der Waals surface area contributed by atoms with E-state index in [0.29, 0.717) is 5.52 Å². The third-order valence-corrected chi connectivity index (χ3v) is 6.47. The maximum atomic E-state index is 12.8. The van der Waals surface area contributed by atoms with Crippen molar-refractivity contribution in [3.8, 4) is 0 Å². The van der Waals surface area contributed by atoms with Crippen LogP contribution in [-0.2, 0) is 10.0 Å². The van der Waals surface area contributed by atoms with E-state index in [-0.39, 0.29) is 16.3 Å². The predicted molar refractivity (Wildman–Crippen MR) is 101 cm³/mol. The standard InChI is InChI=1S/C18H25N3O4S/c22-17-15-12-14(10-11-16(15)19-18(23)20-17)26(24,25)21-13-8-6-4-2-1-3-5-7-9-13/h10-13,21H,1-9H2,(H2,19,20,22,23). The molecule has 1 aliphatic rings. The zero-order chi connectivity index (χ0) is 18.6. The summed E-state index contributed by atoms with van der Waals surface area (Å²) in [5.41, 5.74) is -0.895. The highest BCUT2D eigenvalue weighted by molar-refractivity contribution is 7.89. The molecular weight excluding hydrogens is 354 g/mol. The topological polar surface area (TPSA) is 112 Å². The van der Waals surface area contributed by atoms with Gasteiger partial charge in [0.15, 0.2) is 0 Å². The molecule has 142 valence electrons. The van der Waals surface area contributed by atoms with Gasteiger partial charge in [0.05, 0.1) is 15.8 Å². The van der Waals surface area contributed by atoms with Crippen molar-refractivity contribution in [3.05, 3.63) is 39.0 Å². The summed E-state index contributed by atoms with van der Waals surface area (Å²) in [5.74, 6) is 0. The average Bonchev–Trinajstić information content (AvgIpc) is 2.60. The molecule has 3 N–H and O–H groups in total. The molecule has 0 saturated heterocycles. The number of aromatic amines is 2. The molecule has 7 nitrogen and oxygen atoms in total. The van der Waals surface area contributed by atoms with E-state index >= 15 is 0 Å². The van der Waals surface area contributed by atoms with Crippen molar-refractivity contribution in [2.45, 2.75) is 68.7 Å². The monoisotopic (exact) mass is 379 g/mol. The first-order valence-electron chi connectivity index (χ1n) is 9.24. The van der Waals surface area contributed by atoms with E-state index in [0.717, 1.165) is 38.5 Å². The van der Waals surface area contributed by atoms with Crippen molar-refractivity contribution >= 4 is 20.9 Å². The second-order valence-corrected chi connectivity index (χ2v) is 8.70. The molecule has 8 heteroatoms. The Hall–Kier alpha value is -1.93. The molecule has 1 heterocycles. The van der Waals surface area contributed by atoms with Crippen molar-refractivity contribution in [2.75, 3.05) is 0 Å². The van der Waals surface area contributed by atoms with Crippen LogP contribution in [0.3, 0.4) is 0 Å². The van der Waals surface area contributed by atoms with Gasteiger partial charge >= 0.3 is 5.69 Å². The fraction of sp³-hybridized carbons (Fsp3) is 0.556. The van der Waals surface area contributed by atoms with Crippen molar-refractivity contribution in [1.82, 2.24) is 14.7 Å². The second kappa shape index (κ2) is 8.18. The lowest BCUT2D eigenvalue weighted by atomic mass is 9.98. The van der Waals surface area contributed by atoms with Crippen LogP contribution in [0.2, 0.25) is 0 Å². The van der Waals surface area contributed by atoms with Crippen molar-refractivity contribution in [3.63, 3.8) is 0 Å². The van der Waals surface area contributed by atoms with Gasteiger partial charge in [-0.3, -0.25) is 9.78 Å². The van der Waals surface area contributed by atoms with Crippen LogP contribution in [0.4, 0.5) is 0 Å². The van der Waals surface area contributed by atoms with E-state index in [1.807, 2.05) is 0 Å². The third kappa shape index (κ3) is 4.62. The lowest BCUT2D eigenvalue weighted by Crippen LogP contribution is -2.35. The van der Waals surface area contributed by atoms with Gasteiger partial charge < -0.3 is 4.98 Å². The number of sulfonamides is 1. The van der Waals surface area contributed by atoms with Crippen LogP contribution in [0.1, 0.15) is 57.8 Å². The Morgan fingerprint density at radius 2 is 1.50 bits per heavy atom. The van der Waals surface area contributed by atoms with E-state index < -0.39 is 21.3 Å². The molecule has 1 saturated carbocycles. The van der Waals surface area contributed by atoms with Gasteiger partial charge in [0.25, 0.3) is 5.56 Å².